The molecule has 0 bridgehead atoms. The highest BCUT2D eigenvalue weighted by Gasteiger charge is 2.02. The molecule has 0 amide bonds. The maximum Gasteiger partial charge on any atom is 0.161 e. The summed E-state index contributed by atoms with van der Waals surface area (Å²) >= 11 is 0. The Hall–Kier alpha value is -2.16. The van der Waals surface area contributed by atoms with E-state index in [-0.39, 0.29) is 0 Å². The zero-order valence-corrected chi connectivity index (χ0v) is 13.5. The smallest absolute Gasteiger partial charge is 0.161 e. The third-order valence-electron chi connectivity index (χ3n) is 3.43. The van der Waals surface area contributed by atoms with Crippen LogP contribution in [0.1, 0.15) is 31.7 Å². The molecule has 0 saturated carbocycles. The van der Waals surface area contributed by atoms with Gasteiger partial charge in [-0.2, -0.15) is 0 Å². The molecule has 2 aromatic rings. The van der Waals surface area contributed by atoms with Crippen molar-refractivity contribution in [2.75, 3.05) is 20.3 Å². The minimum Gasteiger partial charge on any atom is -0.493 e. The van der Waals surface area contributed by atoms with Crippen molar-refractivity contribution in [3.05, 3.63) is 54.1 Å². The molecular weight excluding hydrogens is 276 g/mol. The van der Waals surface area contributed by atoms with Crippen LogP contribution in [0.15, 0.2) is 48.5 Å². The summed E-state index contributed by atoms with van der Waals surface area (Å²) in [5.74, 6) is 2.98. The Morgan fingerprint density at radius 2 is 1.45 bits per heavy atom. The summed E-state index contributed by atoms with van der Waals surface area (Å²) in [6, 6.07) is 15.9. The lowest BCUT2D eigenvalue weighted by Gasteiger charge is -2.11. The Labute approximate surface area is 132 Å². The van der Waals surface area contributed by atoms with E-state index >= 15 is 0 Å². The number of hydrogen-bond donors (Lipinski definition) is 0. The van der Waals surface area contributed by atoms with Gasteiger partial charge in [-0.3, -0.25) is 0 Å². The fraction of sp³-hybridized carbons (Fsp3) is 0.368. The highest BCUT2D eigenvalue weighted by Crippen LogP contribution is 2.25. The van der Waals surface area contributed by atoms with E-state index in [0.717, 1.165) is 23.7 Å². The van der Waals surface area contributed by atoms with Crippen LogP contribution < -0.4 is 14.2 Å². The molecule has 0 N–H and O–H groups in total. The molecule has 0 aliphatic heterocycles. The maximum absolute atomic E-state index is 5.72. The van der Waals surface area contributed by atoms with E-state index in [0.29, 0.717) is 19.1 Å². The molecule has 0 atom stereocenters. The third-order valence-corrected chi connectivity index (χ3v) is 3.43. The summed E-state index contributed by atoms with van der Waals surface area (Å²) in [4.78, 5) is 0. The van der Waals surface area contributed by atoms with Gasteiger partial charge in [0.25, 0.3) is 0 Å². The van der Waals surface area contributed by atoms with Gasteiger partial charge >= 0.3 is 0 Å². The average molecular weight is 300 g/mol. The van der Waals surface area contributed by atoms with E-state index in [4.69, 9.17) is 14.2 Å². The second kappa shape index (κ2) is 8.32. The summed E-state index contributed by atoms with van der Waals surface area (Å²) in [6.45, 7) is 5.61. The number of rotatable bonds is 8. The highest BCUT2D eigenvalue weighted by atomic mass is 16.5. The first kappa shape index (κ1) is 16.2. The molecule has 0 heterocycles. The summed E-state index contributed by atoms with van der Waals surface area (Å²) in [6.07, 6.45) is 0.823. The fourth-order valence-corrected chi connectivity index (χ4v) is 2.12. The molecule has 22 heavy (non-hydrogen) atoms. The van der Waals surface area contributed by atoms with E-state index in [2.05, 4.69) is 26.0 Å². The Bertz CT molecular complexity index is 561. The standard InChI is InChI=1S/C19H24O3/c1-15(2)16-9-11-17(12-10-16)21-13-6-14-22-19-8-5-4-7-18(19)20-3/h4-5,7-12,15H,6,13-14H2,1-3H3. The molecule has 0 saturated heterocycles. The largest absolute Gasteiger partial charge is 0.493 e. The normalized spacial score (nSPS) is 10.5. The predicted molar refractivity (Wildman–Crippen MR) is 89.1 cm³/mol. The molecule has 0 aromatic heterocycles. The second-order valence-electron chi connectivity index (χ2n) is 5.43. The number of ether oxygens (including phenoxy) is 3. The van der Waals surface area contributed by atoms with Gasteiger partial charge in [-0.05, 0) is 35.7 Å². The molecule has 0 aliphatic rings. The number of benzene rings is 2. The van der Waals surface area contributed by atoms with Crippen LogP contribution in [-0.2, 0) is 0 Å². The van der Waals surface area contributed by atoms with Gasteiger partial charge in [-0.25, -0.2) is 0 Å². The van der Waals surface area contributed by atoms with Crippen LogP contribution in [0, 0.1) is 0 Å². The van der Waals surface area contributed by atoms with E-state index in [1.54, 1.807) is 7.11 Å². The van der Waals surface area contributed by atoms with Crippen molar-refractivity contribution in [1.82, 2.24) is 0 Å². The van der Waals surface area contributed by atoms with Crippen LogP contribution in [-0.4, -0.2) is 20.3 Å². The lowest BCUT2D eigenvalue weighted by Crippen LogP contribution is -2.05. The van der Waals surface area contributed by atoms with E-state index in [1.165, 1.54) is 5.56 Å². The first-order valence-corrected chi connectivity index (χ1v) is 7.69. The summed E-state index contributed by atoms with van der Waals surface area (Å²) in [7, 11) is 1.64. The highest BCUT2D eigenvalue weighted by molar-refractivity contribution is 5.39. The third kappa shape index (κ3) is 4.69. The van der Waals surface area contributed by atoms with Gasteiger partial charge in [0.2, 0.25) is 0 Å². The Morgan fingerprint density at radius 1 is 0.818 bits per heavy atom. The minimum atomic E-state index is 0.545. The molecular formula is C19H24O3. The summed E-state index contributed by atoms with van der Waals surface area (Å²) in [5, 5.41) is 0. The van der Waals surface area contributed by atoms with Gasteiger partial charge in [-0.15, -0.1) is 0 Å². The molecule has 0 unspecified atom stereocenters. The Morgan fingerprint density at radius 3 is 2.09 bits per heavy atom. The van der Waals surface area contributed by atoms with Crippen LogP contribution in [0.25, 0.3) is 0 Å². The molecule has 0 radical (unpaired) electrons. The quantitative estimate of drug-likeness (QED) is 0.663. The zero-order valence-electron chi connectivity index (χ0n) is 13.5. The molecule has 0 spiro atoms. The fourth-order valence-electron chi connectivity index (χ4n) is 2.12. The summed E-state index contributed by atoms with van der Waals surface area (Å²) < 4.78 is 16.7. The molecule has 3 nitrogen and oxygen atoms in total. The first-order chi connectivity index (χ1) is 10.7. The molecule has 0 aliphatic carbocycles. The van der Waals surface area contributed by atoms with Gasteiger partial charge in [0, 0.05) is 6.42 Å². The lowest BCUT2D eigenvalue weighted by molar-refractivity contribution is 0.240. The Balaban J connectivity index is 1.71. The summed E-state index contributed by atoms with van der Waals surface area (Å²) in [5.41, 5.74) is 1.33. The van der Waals surface area contributed by atoms with Crippen LogP contribution in [0.5, 0.6) is 17.2 Å². The topological polar surface area (TPSA) is 27.7 Å². The van der Waals surface area contributed by atoms with Gasteiger partial charge in [0.15, 0.2) is 11.5 Å². The van der Waals surface area contributed by atoms with Gasteiger partial charge in [-0.1, -0.05) is 38.1 Å². The molecule has 2 rings (SSSR count). The van der Waals surface area contributed by atoms with Crippen molar-refractivity contribution in [1.29, 1.82) is 0 Å². The zero-order chi connectivity index (χ0) is 15.8. The average Bonchev–Trinajstić information content (AvgIpc) is 2.55. The molecule has 0 fully saturated rings. The predicted octanol–water partition coefficient (Wildman–Crippen LogP) is 4.67. The number of hydrogen-bond acceptors (Lipinski definition) is 3. The van der Waals surface area contributed by atoms with Crippen molar-refractivity contribution in [3.63, 3.8) is 0 Å². The molecule has 118 valence electrons. The molecule has 2 aromatic carbocycles. The SMILES string of the molecule is COc1ccccc1OCCCOc1ccc(C(C)C)cc1. The van der Waals surface area contributed by atoms with Gasteiger partial charge in [0.05, 0.1) is 20.3 Å². The lowest BCUT2D eigenvalue weighted by atomic mass is 10.0. The van der Waals surface area contributed by atoms with Crippen molar-refractivity contribution in [3.8, 4) is 17.2 Å². The monoisotopic (exact) mass is 300 g/mol. The van der Waals surface area contributed by atoms with E-state index < -0.39 is 0 Å². The van der Waals surface area contributed by atoms with Crippen LogP contribution in [0.2, 0.25) is 0 Å². The van der Waals surface area contributed by atoms with Crippen molar-refractivity contribution in [2.45, 2.75) is 26.2 Å². The maximum atomic E-state index is 5.72. The minimum absolute atomic E-state index is 0.545. The number of para-hydroxylation sites is 2. The van der Waals surface area contributed by atoms with Crippen molar-refractivity contribution in [2.24, 2.45) is 0 Å². The van der Waals surface area contributed by atoms with Crippen molar-refractivity contribution >= 4 is 0 Å². The van der Waals surface area contributed by atoms with Crippen LogP contribution >= 0.6 is 0 Å². The van der Waals surface area contributed by atoms with E-state index in [1.807, 2.05) is 36.4 Å². The van der Waals surface area contributed by atoms with Gasteiger partial charge in [0.1, 0.15) is 5.75 Å². The molecule has 3 heteroatoms. The Kier molecular flexibility index (Phi) is 6.13. The van der Waals surface area contributed by atoms with Crippen LogP contribution in [0.4, 0.5) is 0 Å². The number of methoxy groups -OCH3 is 1. The van der Waals surface area contributed by atoms with Gasteiger partial charge < -0.3 is 14.2 Å². The first-order valence-electron chi connectivity index (χ1n) is 7.69. The van der Waals surface area contributed by atoms with Crippen molar-refractivity contribution < 1.29 is 14.2 Å². The van der Waals surface area contributed by atoms with E-state index in [9.17, 15) is 0 Å². The second-order valence-corrected chi connectivity index (χ2v) is 5.43. The van der Waals surface area contributed by atoms with Crippen LogP contribution in [0.3, 0.4) is 0 Å².